The number of ether oxygens (including phenoxy) is 1. The molecule has 1 aromatic carbocycles. The Balaban J connectivity index is 1.96. The number of halogens is 2. The van der Waals surface area contributed by atoms with E-state index in [0.717, 1.165) is 44.2 Å². The van der Waals surface area contributed by atoms with Crippen molar-refractivity contribution in [3.05, 3.63) is 29.8 Å². The van der Waals surface area contributed by atoms with Crippen LogP contribution in [0.4, 0.5) is 8.78 Å². The third kappa shape index (κ3) is 5.76. The van der Waals surface area contributed by atoms with Crippen LogP contribution >= 0.6 is 0 Å². The molecule has 144 valence electrons. The summed E-state index contributed by atoms with van der Waals surface area (Å²) in [6.45, 7) is -0.00941. The lowest BCUT2D eigenvalue weighted by Crippen LogP contribution is -2.45. The molecule has 1 atom stereocenters. The maximum absolute atomic E-state index is 13.6. The first-order chi connectivity index (χ1) is 12.5. The van der Waals surface area contributed by atoms with Crippen LogP contribution in [0.25, 0.3) is 0 Å². The molecule has 1 amide bonds. The van der Waals surface area contributed by atoms with Crippen molar-refractivity contribution in [2.24, 2.45) is 11.7 Å². The lowest BCUT2D eigenvalue weighted by atomic mass is 10.0. The van der Waals surface area contributed by atoms with E-state index in [0.29, 0.717) is 19.4 Å². The van der Waals surface area contributed by atoms with Gasteiger partial charge in [-0.3, -0.25) is 9.59 Å². The number of unbranched alkanes of at least 4 members (excludes halogenated alkanes) is 1. The standard InChI is InChI=1S/C19H26F2N2O3/c20-14-8-5-9-15(21)18(14)26-12-17(24)16(10-3-4-11-22)23-19(25)13-6-1-2-7-13/h5,8-9,13,16H,1-4,6-7,10-12,22H2,(H,23,25)/t16-/m1/s1. The van der Waals surface area contributed by atoms with Gasteiger partial charge in [0.15, 0.2) is 23.2 Å². The summed E-state index contributed by atoms with van der Waals surface area (Å²) in [5.41, 5.74) is 5.48. The highest BCUT2D eigenvalue weighted by Crippen LogP contribution is 2.25. The van der Waals surface area contributed by atoms with Crippen LogP contribution in [0.1, 0.15) is 44.9 Å². The summed E-state index contributed by atoms with van der Waals surface area (Å²) in [7, 11) is 0. The van der Waals surface area contributed by atoms with Gasteiger partial charge < -0.3 is 15.8 Å². The van der Waals surface area contributed by atoms with E-state index in [9.17, 15) is 18.4 Å². The molecule has 1 aliphatic rings. The van der Waals surface area contributed by atoms with Gasteiger partial charge in [0.2, 0.25) is 5.91 Å². The minimum Gasteiger partial charge on any atom is -0.480 e. The van der Waals surface area contributed by atoms with Crippen molar-refractivity contribution in [1.29, 1.82) is 0 Å². The number of carbonyl (C=O) groups excluding carboxylic acids is 2. The Kier molecular flexibility index (Phi) is 7.97. The van der Waals surface area contributed by atoms with Gasteiger partial charge in [0.05, 0.1) is 6.04 Å². The smallest absolute Gasteiger partial charge is 0.223 e. The number of hydrogen-bond acceptors (Lipinski definition) is 4. The summed E-state index contributed by atoms with van der Waals surface area (Å²) in [6.07, 6.45) is 5.51. The van der Waals surface area contributed by atoms with Crippen LogP contribution in [0.5, 0.6) is 5.75 Å². The monoisotopic (exact) mass is 368 g/mol. The van der Waals surface area contributed by atoms with Gasteiger partial charge in [-0.25, -0.2) is 8.78 Å². The summed E-state index contributed by atoms with van der Waals surface area (Å²) in [6, 6.07) is 2.61. The van der Waals surface area contributed by atoms with Crippen molar-refractivity contribution < 1.29 is 23.1 Å². The van der Waals surface area contributed by atoms with E-state index in [2.05, 4.69) is 5.32 Å². The third-order valence-corrected chi connectivity index (χ3v) is 4.66. The Hall–Kier alpha value is -2.02. The Morgan fingerprint density at radius 1 is 1.19 bits per heavy atom. The molecule has 26 heavy (non-hydrogen) atoms. The summed E-state index contributed by atoms with van der Waals surface area (Å²) in [5.74, 6) is -2.92. The van der Waals surface area contributed by atoms with Crippen molar-refractivity contribution in [1.82, 2.24) is 5.32 Å². The summed E-state index contributed by atoms with van der Waals surface area (Å²) >= 11 is 0. The predicted molar refractivity (Wildman–Crippen MR) is 93.7 cm³/mol. The van der Waals surface area contributed by atoms with Crippen molar-refractivity contribution in [2.45, 2.75) is 51.0 Å². The Bertz CT molecular complexity index is 599. The van der Waals surface area contributed by atoms with Gasteiger partial charge in [-0.2, -0.15) is 0 Å². The average molecular weight is 368 g/mol. The Labute approximate surface area is 152 Å². The molecular weight excluding hydrogens is 342 g/mol. The fourth-order valence-corrected chi connectivity index (χ4v) is 3.15. The third-order valence-electron chi connectivity index (χ3n) is 4.66. The van der Waals surface area contributed by atoms with Crippen LogP contribution in [0.3, 0.4) is 0 Å². The molecule has 1 fully saturated rings. The Morgan fingerprint density at radius 2 is 1.85 bits per heavy atom. The lowest BCUT2D eigenvalue weighted by molar-refractivity contribution is -0.131. The molecule has 5 nitrogen and oxygen atoms in total. The highest BCUT2D eigenvalue weighted by molar-refractivity contribution is 5.90. The topological polar surface area (TPSA) is 81.4 Å². The van der Waals surface area contributed by atoms with E-state index < -0.39 is 35.8 Å². The molecule has 0 aliphatic heterocycles. The highest BCUT2D eigenvalue weighted by Gasteiger charge is 2.27. The van der Waals surface area contributed by atoms with Gasteiger partial charge in [-0.05, 0) is 50.8 Å². The normalized spacial score (nSPS) is 15.7. The van der Waals surface area contributed by atoms with Gasteiger partial charge in [0.1, 0.15) is 6.61 Å². The zero-order valence-electron chi connectivity index (χ0n) is 14.8. The summed E-state index contributed by atoms with van der Waals surface area (Å²) in [4.78, 5) is 24.8. The van der Waals surface area contributed by atoms with Gasteiger partial charge in [0, 0.05) is 5.92 Å². The number of carbonyl (C=O) groups is 2. The number of nitrogens with two attached hydrogens (primary N) is 1. The largest absolute Gasteiger partial charge is 0.480 e. The molecule has 0 aromatic heterocycles. The van der Waals surface area contributed by atoms with E-state index in [1.807, 2.05) is 0 Å². The molecule has 2 rings (SSSR count). The first kappa shape index (κ1) is 20.3. The maximum atomic E-state index is 13.6. The van der Waals surface area contributed by atoms with Crippen LogP contribution in [0, 0.1) is 17.6 Å². The SMILES string of the molecule is NCCCC[C@@H](NC(=O)C1CCCC1)C(=O)COc1c(F)cccc1F. The average Bonchev–Trinajstić information content (AvgIpc) is 3.15. The van der Waals surface area contributed by atoms with Gasteiger partial charge in [-0.15, -0.1) is 0 Å². The van der Waals surface area contributed by atoms with Gasteiger partial charge in [0.25, 0.3) is 0 Å². The summed E-state index contributed by atoms with van der Waals surface area (Å²) < 4.78 is 32.3. The first-order valence-electron chi connectivity index (χ1n) is 9.13. The van der Waals surface area contributed by atoms with Crippen LogP contribution < -0.4 is 15.8 Å². The second kappa shape index (κ2) is 10.2. The molecule has 0 bridgehead atoms. The van der Waals surface area contributed by atoms with Crippen LogP contribution in [-0.2, 0) is 9.59 Å². The zero-order valence-corrected chi connectivity index (χ0v) is 14.8. The molecule has 1 saturated carbocycles. The van der Waals surface area contributed by atoms with Crippen molar-refractivity contribution in [3.63, 3.8) is 0 Å². The molecule has 1 aromatic rings. The lowest BCUT2D eigenvalue weighted by Gasteiger charge is -2.20. The molecule has 0 saturated heterocycles. The molecule has 0 unspecified atom stereocenters. The second-order valence-corrected chi connectivity index (χ2v) is 6.63. The number of benzene rings is 1. The van der Waals surface area contributed by atoms with E-state index in [4.69, 9.17) is 10.5 Å². The Morgan fingerprint density at radius 3 is 2.46 bits per heavy atom. The van der Waals surface area contributed by atoms with E-state index in [1.165, 1.54) is 6.07 Å². The van der Waals surface area contributed by atoms with E-state index in [1.54, 1.807) is 0 Å². The quantitative estimate of drug-likeness (QED) is 0.622. The van der Waals surface area contributed by atoms with Crippen LogP contribution in [0.2, 0.25) is 0 Å². The van der Waals surface area contributed by atoms with Crippen LogP contribution in [0.15, 0.2) is 18.2 Å². The molecule has 0 spiro atoms. The highest BCUT2D eigenvalue weighted by atomic mass is 19.1. The summed E-state index contributed by atoms with van der Waals surface area (Å²) in [5, 5.41) is 2.79. The predicted octanol–water partition coefficient (Wildman–Crippen LogP) is 2.72. The van der Waals surface area contributed by atoms with Crippen LogP contribution in [-0.4, -0.2) is 30.9 Å². The number of hydrogen-bond donors (Lipinski definition) is 2. The minimum atomic E-state index is -0.868. The number of nitrogens with one attached hydrogen (secondary N) is 1. The number of Topliss-reactive ketones (excluding diaryl/α,β-unsaturated/α-hetero) is 1. The number of ketones is 1. The zero-order chi connectivity index (χ0) is 18.9. The molecule has 1 aliphatic carbocycles. The van der Waals surface area contributed by atoms with Gasteiger partial charge in [-0.1, -0.05) is 18.9 Å². The second-order valence-electron chi connectivity index (χ2n) is 6.63. The molecule has 0 heterocycles. The molecule has 3 N–H and O–H groups in total. The maximum Gasteiger partial charge on any atom is 0.223 e. The molecule has 7 heteroatoms. The molecule has 0 radical (unpaired) electrons. The fourth-order valence-electron chi connectivity index (χ4n) is 3.15. The number of amides is 1. The fraction of sp³-hybridized carbons (Fsp3) is 0.579. The molecular formula is C19H26F2N2O3. The number of para-hydroxylation sites is 1. The number of rotatable bonds is 10. The van der Waals surface area contributed by atoms with Gasteiger partial charge >= 0.3 is 0 Å². The van der Waals surface area contributed by atoms with Crippen molar-refractivity contribution in [2.75, 3.05) is 13.2 Å². The van der Waals surface area contributed by atoms with E-state index in [-0.39, 0.29) is 11.8 Å². The van der Waals surface area contributed by atoms with Crippen molar-refractivity contribution >= 4 is 11.7 Å². The van der Waals surface area contributed by atoms with E-state index >= 15 is 0 Å². The van der Waals surface area contributed by atoms with Crippen molar-refractivity contribution in [3.8, 4) is 5.75 Å². The first-order valence-corrected chi connectivity index (χ1v) is 9.13. The minimum absolute atomic E-state index is 0.0651.